The number of hydrogen-bond acceptors (Lipinski definition) is 1. The molecule has 0 aliphatic rings. The van der Waals surface area contributed by atoms with Crippen LogP contribution in [-0.2, 0) is 0 Å². The lowest BCUT2D eigenvalue weighted by molar-refractivity contribution is 0.545. The topological polar surface area (TPSA) is 12.0 Å². The summed E-state index contributed by atoms with van der Waals surface area (Å²) in [6, 6.07) is 8.78. The molecule has 2 aromatic carbocycles. The first-order valence-electron chi connectivity index (χ1n) is 6.97. The molecule has 2 aromatic rings. The van der Waals surface area contributed by atoms with E-state index < -0.39 is 11.9 Å². The second-order valence-corrected chi connectivity index (χ2v) is 5.49. The first kappa shape index (κ1) is 15.9. The summed E-state index contributed by atoms with van der Waals surface area (Å²) >= 11 is 6.14. The zero-order valence-electron chi connectivity index (χ0n) is 12.1. The second kappa shape index (κ2) is 7.01. The Morgan fingerprint density at radius 1 is 1.10 bits per heavy atom. The van der Waals surface area contributed by atoms with Crippen molar-refractivity contribution in [2.75, 3.05) is 6.54 Å². The van der Waals surface area contributed by atoms with Crippen molar-refractivity contribution in [3.63, 3.8) is 0 Å². The molecule has 4 heteroatoms. The van der Waals surface area contributed by atoms with Crippen molar-refractivity contribution in [2.24, 2.45) is 0 Å². The summed E-state index contributed by atoms with van der Waals surface area (Å²) in [6.45, 7) is 4.65. The Morgan fingerprint density at radius 2 is 1.86 bits per heavy atom. The Balaban J connectivity index is 2.49. The average Bonchev–Trinajstić information content (AvgIpc) is 2.44. The molecule has 0 fully saturated rings. The molecule has 0 radical (unpaired) electrons. The van der Waals surface area contributed by atoms with Gasteiger partial charge in [-0.3, -0.25) is 0 Å². The monoisotopic (exact) mass is 309 g/mol. The maximum Gasteiger partial charge on any atom is 0.128 e. The molecule has 0 amide bonds. The van der Waals surface area contributed by atoms with Gasteiger partial charge in [-0.2, -0.15) is 0 Å². The van der Waals surface area contributed by atoms with Gasteiger partial charge in [0.25, 0.3) is 0 Å². The standard InChI is InChI=1S/C17H18ClF2N/c1-3-8-21-17(13-6-5-12(19)10-15(13)18)14-9-11(2)4-7-16(14)20/h4-7,9-10,17,21H,3,8H2,1-2H3. The first-order valence-corrected chi connectivity index (χ1v) is 7.35. The lowest BCUT2D eigenvalue weighted by atomic mass is 9.96. The third-order valence-electron chi connectivity index (χ3n) is 3.33. The number of hydrogen-bond donors (Lipinski definition) is 1. The molecule has 0 bridgehead atoms. The molecule has 0 saturated carbocycles. The van der Waals surface area contributed by atoms with Crippen molar-refractivity contribution in [3.05, 3.63) is 69.7 Å². The van der Waals surface area contributed by atoms with Gasteiger partial charge in [0.1, 0.15) is 11.6 Å². The van der Waals surface area contributed by atoms with Crippen LogP contribution in [0.2, 0.25) is 5.02 Å². The lowest BCUT2D eigenvalue weighted by Crippen LogP contribution is -2.24. The maximum absolute atomic E-state index is 14.2. The van der Waals surface area contributed by atoms with Crippen LogP contribution in [0.3, 0.4) is 0 Å². The maximum atomic E-state index is 14.2. The fourth-order valence-corrected chi connectivity index (χ4v) is 2.57. The molecule has 112 valence electrons. The Hall–Kier alpha value is -1.45. The molecule has 0 saturated heterocycles. The van der Waals surface area contributed by atoms with Crippen LogP contribution in [0.25, 0.3) is 0 Å². The highest BCUT2D eigenvalue weighted by molar-refractivity contribution is 6.31. The van der Waals surface area contributed by atoms with Crippen molar-refractivity contribution >= 4 is 11.6 Å². The SMILES string of the molecule is CCCNC(c1cc(C)ccc1F)c1ccc(F)cc1Cl. The van der Waals surface area contributed by atoms with Crippen LogP contribution >= 0.6 is 11.6 Å². The van der Waals surface area contributed by atoms with Gasteiger partial charge in [-0.15, -0.1) is 0 Å². The van der Waals surface area contributed by atoms with E-state index in [2.05, 4.69) is 5.32 Å². The van der Waals surface area contributed by atoms with Crippen LogP contribution in [0.4, 0.5) is 8.78 Å². The molecule has 1 unspecified atom stereocenters. The summed E-state index contributed by atoms with van der Waals surface area (Å²) in [5, 5.41) is 3.58. The van der Waals surface area contributed by atoms with Gasteiger partial charge in [-0.25, -0.2) is 8.78 Å². The van der Waals surface area contributed by atoms with E-state index in [9.17, 15) is 8.78 Å². The average molecular weight is 310 g/mol. The second-order valence-electron chi connectivity index (χ2n) is 5.08. The number of nitrogens with one attached hydrogen (secondary N) is 1. The van der Waals surface area contributed by atoms with E-state index in [1.807, 2.05) is 13.8 Å². The van der Waals surface area contributed by atoms with Gasteiger partial charge in [-0.05, 0) is 43.7 Å². The minimum absolute atomic E-state index is 0.296. The molecule has 0 spiro atoms. The van der Waals surface area contributed by atoms with E-state index in [0.717, 1.165) is 12.0 Å². The Labute approximate surface area is 128 Å². The van der Waals surface area contributed by atoms with Crippen molar-refractivity contribution in [3.8, 4) is 0 Å². The molecule has 1 N–H and O–H groups in total. The highest BCUT2D eigenvalue weighted by atomic mass is 35.5. The third-order valence-corrected chi connectivity index (χ3v) is 3.66. The smallest absolute Gasteiger partial charge is 0.128 e. The third kappa shape index (κ3) is 3.80. The summed E-state index contributed by atoms with van der Waals surface area (Å²) in [5.74, 6) is -0.697. The van der Waals surface area contributed by atoms with Crippen molar-refractivity contribution < 1.29 is 8.78 Å². The van der Waals surface area contributed by atoms with Crippen molar-refractivity contribution in [2.45, 2.75) is 26.3 Å². The van der Waals surface area contributed by atoms with Gasteiger partial charge in [0.2, 0.25) is 0 Å². The zero-order chi connectivity index (χ0) is 15.4. The van der Waals surface area contributed by atoms with Gasteiger partial charge >= 0.3 is 0 Å². The highest BCUT2D eigenvalue weighted by Gasteiger charge is 2.20. The number of halogens is 3. The molecule has 21 heavy (non-hydrogen) atoms. The Bertz CT molecular complexity index is 628. The predicted octanol–water partition coefficient (Wildman–Crippen LogP) is 5.02. The van der Waals surface area contributed by atoms with E-state index in [-0.39, 0.29) is 5.82 Å². The fraction of sp³-hybridized carbons (Fsp3) is 0.294. The molecule has 2 rings (SSSR count). The fourth-order valence-electron chi connectivity index (χ4n) is 2.30. The van der Waals surface area contributed by atoms with Gasteiger partial charge in [-0.1, -0.05) is 42.3 Å². The van der Waals surface area contributed by atoms with Crippen LogP contribution in [-0.4, -0.2) is 6.54 Å². The number of benzene rings is 2. The first-order chi connectivity index (χ1) is 10.0. The largest absolute Gasteiger partial charge is 0.306 e. The van der Waals surface area contributed by atoms with Gasteiger partial charge in [0.15, 0.2) is 0 Å². The summed E-state index contributed by atoms with van der Waals surface area (Å²) in [7, 11) is 0. The minimum atomic E-state index is -0.400. The number of rotatable bonds is 5. The van der Waals surface area contributed by atoms with Crippen LogP contribution < -0.4 is 5.32 Å². The van der Waals surface area contributed by atoms with Crippen molar-refractivity contribution in [1.82, 2.24) is 5.32 Å². The summed E-state index contributed by atoms with van der Waals surface area (Å²) in [4.78, 5) is 0. The van der Waals surface area contributed by atoms with E-state index in [1.165, 1.54) is 18.2 Å². The Morgan fingerprint density at radius 3 is 2.52 bits per heavy atom. The zero-order valence-corrected chi connectivity index (χ0v) is 12.8. The molecule has 1 atom stereocenters. The highest BCUT2D eigenvalue weighted by Crippen LogP contribution is 2.31. The molecule has 0 heterocycles. The quantitative estimate of drug-likeness (QED) is 0.818. The van der Waals surface area contributed by atoms with Gasteiger partial charge in [0, 0.05) is 10.6 Å². The van der Waals surface area contributed by atoms with Gasteiger partial charge in [0.05, 0.1) is 6.04 Å². The minimum Gasteiger partial charge on any atom is -0.306 e. The van der Waals surface area contributed by atoms with Gasteiger partial charge < -0.3 is 5.32 Å². The summed E-state index contributed by atoms with van der Waals surface area (Å²) < 4.78 is 27.4. The molecule has 0 aliphatic heterocycles. The van der Waals surface area contributed by atoms with Crippen LogP contribution in [0, 0.1) is 18.6 Å². The van der Waals surface area contributed by atoms with Crippen LogP contribution in [0.1, 0.15) is 36.1 Å². The normalized spacial score (nSPS) is 12.4. The predicted molar refractivity (Wildman–Crippen MR) is 82.7 cm³/mol. The number of aryl methyl sites for hydroxylation is 1. The van der Waals surface area contributed by atoms with E-state index >= 15 is 0 Å². The lowest BCUT2D eigenvalue weighted by Gasteiger charge is -2.22. The molecular weight excluding hydrogens is 292 g/mol. The Kier molecular flexibility index (Phi) is 5.32. The molecular formula is C17H18ClF2N. The van der Waals surface area contributed by atoms with E-state index in [1.54, 1.807) is 18.2 Å². The summed E-state index contributed by atoms with van der Waals surface area (Å²) in [5.41, 5.74) is 2.17. The van der Waals surface area contributed by atoms with Crippen LogP contribution in [0.15, 0.2) is 36.4 Å². The van der Waals surface area contributed by atoms with Crippen molar-refractivity contribution in [1.29, 1.82) is 0 Å². The van der Waals surface area contributed by atoms with Crippen LogP contribution in [0.5, 0.6) is 0 Å². The molecule has 0 aromatic heterocycles. The van der Waals surface area contributed by atoms with E-state index in [0.29, 0.717) is 22.7 Å². The molecule has 1 nitrogen and oxygen atoms in total. The molecule has 0 aliphatic carbocycles. The van der Waals surface area contributed by atoms with E-state index in [4.69, 9.17) is 11.6 Å². The summed E-state index contributed by atoms with van der Waals surface area (Å²) in [6.07, 6.45) is 0.906.